The lowest BCUT2D eigenvalue weighted by Gasteiger charge is -2.19. The molecule has 0 aliphatic carbocycles. The van der Waals surface area contributed by atoms with E-state index >= 15 is 0 Å². The van der Waals surface area contributed by atoms with Crippen molar-refractivity contribution in [2.75, 3.05) is 26.0 Å². The van der Waals surface area contributed by atoms with Crippen molar-refractivity contribution in [2.24, 2.45) is 10.2 Å². The molecule has 0 saturated heterocycles. The molecule has 0 amide bonds. The van der Waals surface area contributed by atoms with E-state index in [0.717, 1.165) is 7.11 Å². The third-order valence-corrected chi connectivity index (χ3v) is 6.54. The van der Waals surface area contributed by atoms with E-state index in [4.69, 9.17) is 5.84 Å². The Kier molecular flexibility index (Phi) is 6.95. The van der Waals surface area contributed by atoms with E-state index in [2.05, 4.69) is 15.0 Å². The van der Waals surface area contributed by atoms with Crippen LogP contribution in [0.5, 0.6) is 5.88 Å². The Bertz CT molecular complexity index is 1150. The minimum Gasteiger partial charge on any atom is -0.492 e. The van der Waals surface area contributed by atoms with Crippen molar-refractivity contribution in [1.82, 2.24) is 8.98 Å². The van der Waals surface area contributed by atoms with Gasteiger partial charge in [-0.15, -0.1) is 10.2 Å². The standard InChI is InChI=1S/C18H23N5O6S/c1-5-22(6-2)30(27,28)13-10-8-7-9-12(13)20-21-15-11(3)14(18(26)29-4)16(24)23(19)17(15)25/h7-10,25H,5-6,19H2,1-4H3/b21-20+. The summed E-state index contributed by atoms with van der Waals surface area (Å²) in [6, 6.07) is 5.95. The predicted octanol–water partition coefficient (Wildman–Crippen LogP) is 1.81. The second-order valence-corrected chi connectivity index (χ2v) is 8.00. The molecule has 3 N–H and O–H groups in total. The van der Waals surface area contributed by atoms with Crippen molar-refractivity contribution in [2.45, 2.75) is 25.7 Å². The van der Waals surface area contributed by atoms with Crippen molar-refractivity contribution < 1.29 is 23.1 Å². The number of nitrogens with zero attached hydrogens (tertiary/aromatic N) is 4. The van der Waals surface area contributed by atoms with Crippen LogP contribution < -0.4 is 11.4 Å². The molecule has 30 heavy (non-hydrogen) atoms. The van der Waals surface area contributed by atoms with Crippen LogP contribution in [0.25, 0.3) is 0 Å². The number of hydrogen-bond acceptors (Lipinski definition) is 9. The molecule has 2 aromatic rings. The number of methoxy groups -OCH3 is 1. The largest absolute Gasteiger partial charge is 0.492 e. The highest BCUT2D eigenvalue weighted by molar-refractivity contribution is 7.89. The van der Waals surface area contributed by atoms with E-state index in [-0.39, 0.29) is 34.9 Å². The van der Waals surface area contributed by atoms with Crippen LogP contribution in [0.3, 0.4) is 0 Å². The van der Waals surface area contributed by atoms with Crippen LogP contribution in [0.15, 0.2) is 44.2 Å². The van der Waals surface area contributed by atoms with E-state index in [1.165, 1.54) is 23.4 Å². The number of nitrogens with two attached hydrogens (primary N) is 1. The quantitative estimate of drug-likeness (QED) is 0.380. The number of hydrogen-bond donors (Lipinski definition) is 2. The molecular weight excluding hydrogens is 414 g/mol. The number of azo groups is 1. The van der Waals surface area contributed by atoms with Crippen molar-refractivity contribution >= 4 is 27.4 Å². The molecule has 0 bridgehead atoms. The zero-order chi connectivity index (χ0) is 22.6. The minimum atomic E-state index is -3.83. The number of carbonyl (C=O) groups excluding carboxylic acids is 1. The van der Waals surface area contributed by atoms with Crippen LogP contribution in [-0.4, -0.2) is 48.7 Å². The number of aromatic hydroxyl groups is 1. The summed E-state index contributed by atoms with van der Waals surface area (Å²) in [5.41, 5.74) is -1.67. The molecule has 0 fully saturated rings. The third-order valence-electron chi connectivity index (χ3n) is 4.44. The van der Waals surface area contributed by atoms with E-state index in [1.54, 1.807) is 26.0 Å². The molecule has 0 unspecified atom stereocenters. The first-order chi connectivity index (χ1) is 14.1. The van der Waals surface area contributed by atoms with Gasteiger partial charge in [0.2, 0.25) is 15.9 Å². The molecule has 162 valence electrons. The Morgan fingerprint density at radius 2 is 1.83 bits per heavy atom. The number of rotatable bonds is 7. The monoisotopic (exact) mass is 437 g/mol. The highest BCUT2D eigenvalue weighted by Crippen LogP contribution is 2.33. The lowest BCUT2D eigenvalue weighted by Crippen LogP contribution is -2.33. The van der Waals surface area contributed by atoms with Gasteiger partial charge in [0.25, 0.3) is 5.56 Å². The van der Waals surface area contributed by atoms with Crippen molar-refractivity contribution in [3.05, 3.63) is 45.7 Å². The number of nitrogen functional groups attached to an aromatic ring is 1. The first-order valence-electron chi connectivity index (χ1n) is 8.94. The second kappa shape index (κ2) is 9.05. The van der Waals surface area contributed by atoms with Crippen molar-refractivity contribution in [3.63, 3.8) is 0 Å². The van der Waals surface area contributed by atoms with Gasteiger partial charge in [0.1, 0.15) is 16.1 Å². The Morgan fingerprint density at radius 1 is 1.23 bits per heavy atom. The van der Waals surface area contributed by atoms with Gasteiger partial charge in [-0.2, -0.15) is 8.98 Å². The van der Waals surface area contributed by atoms with Gasteiger partial charge in [-0.25, -0.2) is 13.2 Å². The van der Waals surface area contributed by atoms with Crippen molar-refractivity contribution in [3.8, 4) is 5.88 Å². The van der Waals surface area contributed by atoms with E-state index in [0.29, 0.717) is 4.68 Å². The van der Waals surface area contributed by atoms with Crippen molar-refractivity contribution in [1.29, 1.82) is 0 Å². The Hall–Kier alpha value is -3.25. The van der Waals surface area contributed by atoms with Crippen LogP contribution in [0, 0.1) is 6.92 Å². The van der Waals surface area contributed by atoms with Gasteiger partial charge in [0, 0.05) is 18.7 Å². The molecular formula is C18H23N5O6S. The number of pyridine rings is 1. The molecule has 2 rings (SSSR count). The van der Waals surface area contributed by atoms with Gasteiger partial charge in [-0.1, -0.05) is 26.0 Å². The van der Waals surface area contributed by atoms with Gasteiger partial charge in [-0.3, -0.25) is 4.79 Å². The number of ether oxygens (including phenoxy) is 1. The molecule has 0 aliphatic heterocycles. The molecule has 0 radical (unpaired) electrons. The fourth-order valence-electron chi connectivity index (χ4n) is 2.80. The first kappa shape index (κ1) is 23.0. The smallest absolute Gasteiger partial charge is 0.343 e. The highest BCUT2D eigenvalue weighted by atomic mass is 32.2. The molecule has 1 aromatic heterocycles. The van der Waals surface area contributed by atoms with Gasteiger partial charge in [0.15, 0.2) is 5.69 Å². The Balaban J connectivity index is 2.67. The summed E-state index contributed by atoms with van der Waals surface area (Å²) in [5, 5.41) is 18.0. The summed E-state index contributed by atoms with van der Waals surface area (Å²) in [7, 11) is -2.75. The maximum absolute atomic E-state index is 12.9. The van der Waals surface area contributed by atoms with Gasteiger partial charge < -0.3 is 15.7 Å². The number of benzene rings is 1. The average Bonchev–Trinajstić information content (AvgIpc) is 2.73. The maximum Gasteiger partial charge on any atom is 0.343 e. The van der Waals surface area contributed by atoms with Gasteiger partial charge in [0.05, 0.1) is 7.11 Å². The fraction of sp³-hybridized carbons (Fsp3) is 0.333. The third kappa shape index (κ3) is 4.04. The SMILES string of the molecule is CCN(CC)S(=O)(=O)c1ccccc1/N=N/c1c(C)c(C(=O)OC)c(=O)n(N)c1O. The Morgan fingerprint density at radius 3 is 2.40 bits per heavy atom. The fourth-order valence-corrected chi connectivity index (χ4v) is 4.39. The first-order valence-corrected chi connectivity index (χ1v) is 10.4. The van der Waals surface area contributed by atoms with Gasteiger partial charge >= 0.3 is 5.97 Å². The topological polar surface area (TPSA) is 157 Å². The van der Waals surface area contributed by atoms with Crippen LogP contribution in [0.2, 0.25) is 0 Å². The number of sulfonamides is 1. The van der Waals surface area contributed by atoms with Crippen LogP contribution in [0.1, 0.15) is 29.8 Å². The molecule has 1 heterocycles. The molecule has 12 heteroatoms. The second-order valence-electron chi connectivity index (χ2n) is 6.10. The lowest BCUT2D eigenvalue weighted by molar-refractivity contribution is 0.0597. The summed E-state index contributed by atoms with van der Waals surface area (Å²) in [6.07, 6.45) is 0. The van der Waals surface area contributed by atoms with Gasteiger partial charge in [-0.05, 0) is 19.1 Å². The molecule has 0 aliphatic rings. The summed E-state index contributed by atoms with van der Waals surface area (Å²) in [4.78, 5) is 24.0. The van der Waals surface area contributed by atoms with Crippen LogP contribution >= 0.6 is 0 Å². The normalized spacial score (nSPS) is 11.9. The zero-order valence-corrected chi connectivity index (χ0v) is 17.8. The number of esters is 1. The molecule has 1 aromatic carbocycles. The summed E-state index contributed by atoms with van der Waals surface area (Å²) >= 11 is 0. The lowest BCUT2D eigenvalue weighted by atomic mass is 10.1. The molecule has 11 nitrogen and oxygen atoms in total. The van der Waals surface area contributed by atoms with Crippen LogP contribution in [0.4, 0.5) is 11.4 Å². The average molecular weight is 437 g/mol. The van der Waals surface area contributed by atoms with E-state index < -0.39 is 33.0 Å². The van der Waals surface area contributed by atoms with E-state index in [1.807, 2.05) is 0 Å². The molecule has 0 atom stereocenters. The van der Waals surface area contributed by atoms with Crippen LogP contribution in [-0.2, 0) is 14.8 Å². The minimum absolute atomic E-state index is 0.0117. The zero-order valence-electron chi connectivity index (χ0n) is 17.0. The maximum atomic E-state index is 12.9. The number of aromatic nitrogens is 1. The number of carbonyl (C=O) groups is 1. The Labute approximate surface area is 173 Å². The van der Waals surface area contributed by atoms with E-state index in [9.17, 15) is 23.1 Å². The summed E-state index contributed by atoms with van der Waals surface area (Å²) in [6.45, 7) is 5.33. The summed E-state index contributed by atoms with van der Waals surface area (Å²) in [5.74, 6) is 3.83. The molecule has 0 saturated carbocycles. The predicted molar refractivity (Wildman–Crippen MR) is 109 cm³/mol. The summed E-state index contributed by atoms with van der Waals surface area (Å²) < 4.78 is 32.0. The highest BCUT2D eigenvalue weighted by Gasteiger charge is 2.26. The molecule has 0 spiro atoms.